The summed E-state index contributed by atoms with van der Waals surface area (Å²) >= 11 is 0. The fourth-order valence-corrected chi connectivity index (χ4v) is 7.38. The molecule has 37 heavy (non-hydrogen) atoms. The van der Waals surface area contributed by atoms with E-state index >= 15 is 0 Å². The first-order valence-electron chi connectivity index (χ1n) is 12.4. The quantitative estimate of drug-likeness (QED) is 0.505. The number of sulfonamides is 2. The summed E-state index contributed by atoms with van der Waals surface area (Å²) in [5, 5.41) is 2.87. The van der Waals surface area contributed by atoms with E-state index in [1.807, 2.05) is 6.92 Å². The van der Waals surface area contributed by atoms with Crippen LogP contribution in [-0.4, -0.2) is 77.4 Å². The first-order chi connectivity index (χ1) is 17.7. The number of benzene rings is 2. The lowest BCUT2D eigenvalue weighted by atomic mass is 9.99. The van der Waals surface area contributed by atoms with Crippen molar-refractivity contribution >= 4 is 26.0 Å². The second kappa shape index (κ2) is 11.9. The van der Waals surface area contributed by atoms with Gasteiger partial charge >= 0.3 is 0 Å². The number of nitrogens with zero attached hydrogens (tertiary/aromatic N) is 2. The molecule has 1 atom stereocenters. The summed E-state index contributed by atoms with van der Waals surface area (Å²) in [5.74, 6) is -0.0899. The van der Waals surface area contributed by atoms with Gasteiger partial charge in [-0.2, -0.15) is 8.61 Å². The van der Waals surface area contributed by atoms with Gasteiger partial charge in [-0.05, 0) is 61.7 Å². The number of rotatable bonds is 9. The minimum atomic E-state index is -3.73. The largest absolute Gasteiger partial charge is 0.494 e. The summed E-state index contributed by atoms with van der Waals surface area (Å²) in [6.07, 6.45) is 1.18. The van der Waals surface area contributed by atoms with Crippen LogP contribution in [-0.2, 0) is 36.1 Å². The van der Waals surface area contributed by atoms with E-state index in [4.69, 9.17) is 9.47 Å². The molecule has 1 N–H and O–H groups in total. The third kappa shape index (κ3) is 6.50. The third-order valence-corrected chi connectivity index (χ3v) is 10.3. The van der Waals surface area contributed by atoms with Gasteiger partial charge in [0.05, 0.1) is 35.5 Å². The van der Waals surface area contributed by atoms with Crippen molar-refractivity contribution in [3.05, 3.63) is 54.1 Å². The van der Waals surface area contributed by atoms with Crippen molar-refractivity contribution in [2.75, 3.05) is 46.0 Å². The van der Waals surface area contributed by atoms with Gasteiger partial charge in [-0.1, -0.05) is 12.1 Å². The number of piperidine rings is 1. The normalized spacial score (nSPS) is 19.9. The zero-order chi connectivity index (χ0) is 26.5. The van der Waals surface area contributed by atoms with Crippen LogP contribution in [0.3, 0.4) is 0 Å². The summed E-state index contributed by atoms with van der Waals surface area (Å²) in [6.45, 7) is 4.45. The molecule has 2 fully saturated rings. The Balaban J connectivity index is 1.34. The SMILES string of the molecule is CCOc1ccc(S(=O)(=O)N2CCCC(C(=O)NCc3ccc(S(=O)(=O)N4CCOCC4)cc3)C2)cc1. The molecule has 4 rings (SSSR count). The second-order valence-corrected chi connectivity index (χ2v) is 12.9. The number of nitrogens with one attached hydrogen (secondary N) is 1. The average molecular weight is 552 g/mol. The predicted molar refractivity (Wildman–Crippen MR) is 137 cm³/mol. The van der Waals surface area contributed by atoms with Gasteiger partial charge in [0, 0.05) is 32.7 Å². The van der Waals surface area contributed by atoms with Crippen LogP contribution in [0.2, 0.25) is 0 Å². The number of amides is 1. The van der Waals surface area contributed by atoms with Crippen molar-refractivity contribution in [3.8, 4) is 5.75 Å². The highest BCUT2D eigenvalue weighted by molar-refractivity contribution is 7.89. The summed E-state index contributed by atoms with van der Waals surface area (Å²) in [6, 6.07) is 12.7. The highest BCUT2D eigenvalue weighted by Gasteiger charge is 2.33. The van der Waals surface area contributed by atoms with Crippen molar-refractivity contribution in [2.45, 2.75) is 36.1 Å². The molecule has 202 valence electrons. The Labute approximate surface area is 218 Å². The van der Waals surface area contributed by atoms with Gasteiger partial charge in [-0.15, -0.1) is 0 Å². The Hall–Kier alpha value is -2.51. The van der Waals surface area contributed by atoms with Gasteiger partial charge in [-0.3, -0.25) is 4.79 Å². The maximum Gasteiger partial charge on any atom is 0.243 e. The average Bonchev–Trinajstić information content (AvgIpc) is 2.93. The van der Waals surface area contributed by atoms with Gasteiger partial charge in [0.25, 0.3) is 0 Å². The van der Waals surface area contributed by atoms with Crippen LogP contribution in [0.4, 0.5) is 0 Å². The summed E-state index contributed by atoms with van der Waals surface area (Å²) in [4.78, 5) is 13.2. The minimum absolute atomic E-state index is 0.109. The number of ether oxygens (including phenoxy) is 2. The molecule has 1 unspecified atom stereocenters. The second-order valence-electron chi connectivity index (χ2n) is 8.98. The number of morpholine rings is 1. The van der Waals surface area contributed by atoms with Gasteiger partial charge in [-0.25, -0.2) is 16.8 Å². The van der Waals surface area contributed by atoms with Crippen molar-refractivity contribution in [1.82, 2.24) is 13.9 Å². The number of hydrogen-bond acceptors (Lipinski definition) is 7. The van der Waals surface area contributed by atoms with Crippen molar-refractivity contribution in [2.24, 2.45) is 5.92 Å². The molecular weight excluding hydrogens is 518 g/mol. The Bertz CT molecular complexity index is 1270. The Kier molecular flexibility index (Phi) is 8.86. The van der Waals surface area contributed by atoms with Crippen LogP contribution in [0.1, 0.15) is 25.3 Å². The fourth-order valence-electron chi connectivity index (χ4n) is 4.45. The molecular formula is C25H33N3O7S2. The third-order valence-electron chi connectivity index (χ3n) is 6.53. The van der Waals surface area contributed by atoms with E-state index in [1.54, 1.807) is 24.3 Å². The van der Waals surface area contributed by atoms with E-state index in [0.29, 0.717) is 58.0 Å². The highest BCUT2D eigenvalue weighted by Crippen LogP contribution is 2.25. The maximum atomic E-state index is 13.1. The van der Waals surface area contributed by atoms with E-state index in [9.17, 15) is 21.6 Å². The molecule has 12 heteroatoms. The smallest absolute Gasteiger partial charge is 0.243 e. The monoisotopic (exact) mass is 551 g/mol. The summed E-state index contributed by atoms with van der Waals surface area (Å²) in [7, 11) is -7.31. The van der Waals surface area contributed by atoms with E-state index in [2.05, 4.69) is 5.32 Å². The molecule has 0 radical (unpaired) electrons. The molecule has 2 aliphatic rings. The van der Waals surface area contributed by atoms with Crippen molar-refractivity contribution in [3.63, 3.8) is 0 Å². The van der Waals surface area contributed by atoms with Gasteiger partial charge in [0.2, 0.25) is 26.0 Å². The summed E-state index contributed by atoms with van der Waals surface area (Å²) < 4.78 is 65.2. The Morgan fingerprint density at radius 1 is 0.919 bits per heavy atom. The van der Waals surface area contributed by atoms with E-state index in [1.165, 1.54) is 32.9 Å². The molecule has 2 heterocycles. The molecule has 2 saturated heterocycles. The zero-order valence-corrected chi connectivity index (χ0v) is 22.5. The highest BCUT2D eigenvalue weighted by atomic mass is 32.2. The van der Waals surface area contributed by atoms with Crippen LogP contribution in [0, 0.1) is 5.92 Å². The fraction of sp³-hybridized carbons (Fsp3) is 0.480. The summed E-state index contributed by atoms with van der Waals surface area (Å²) in [5.41, 5.74) is 0.754. The van der Waals surface area contributed by atoms with Gasteiger partial charge in [0.1, 0.15) is 5.75 Å². The van der Waals surface area contributed by atoms with Crippen LogP contribution in [0.5, 0.6) is 5.75 Å². The van der Waals surface area contributed by atoms with Crippen molar-refractivity contribution < 1.29 is 31.1 Å². The van der Waals surface area contributed by atoms with Gasteiger partial charge in [0.15, 0.2) is 0 Å². The lowest BCUT2D eigenvalue weighted by Gasteiger charge is -2.31. The molecule has 2 aromatic rings. The first-order valence-corrected chi connectivity index (χ1v) is 15.3. The number of carbonyl (C=O) groups excluding carboxylic acids is 1. The van der Waals surface area contributed by atoms with Crippen molar-refractivity contribution in [1.29, 1.82) is 0 Å². The van der Waals surface area contributed by atoms with Gasteiger partial charge < -0.3 is 14.8 Å². The van der Waals surface area contributed by atoms with E-state index < -0.39 is 26.0 Å². The number of carbonyl (C=O) groups is 1. The van der Waals surface area contributed by atoms with E-state index in [0.717, 1.165) is 5.56 Å². The molecule has 10 nitrogen and oxygen atoms in total. The maximum absolute atomic E-state index is 13.1. The van der Waals surface area contributed by atoms with Crippen LogP contribution < -0.4 is 10.1 Å². The molecule has 0 aliphatic carbocycles. The zero-order valence-electron chi connectivity index (χ0n) is 20.8. The van der Waals surface area contributed by atoms with Crippen LogP contribution in [0.15, 0.2) is 58.3 Å². The molecule has 0 bridgehead atoms. The molecule has 0 aromatic heterocycles. The minimum Gasteiger partial charge on any atom is -0.494 e. The Morgan fingerprint density at radius 2 is 1.51 bits per heavy atom. The molecule has 1 amide bonds. The molecule has 0 saturated carbocycles. The lowest BCUT2D eigenvalue weighted by molar-refractivity contribution is -0.126. The topological polar surface area (TPSA) is 122 Å². The van der Waals surface area contributed by atoms with Crippen LogP contribution in [0.25, 0.3) is 0 Å². The molecule has 0 spiro atoms. The Morgan fingerprint density at radius 3 is 2.14 bits per heavy atom. The first kappa shape index (κ1) is 27.5. The number of hydrogen-bond donors (Lipinski definition) is 1. The lowest BCUT2D eigenvalue weighted by Crippen LogP contribution is -2.45. The predicted octanol–water partition coefficient (Wildman–Crippen LogP) is 1.82. The molecule has 2 aromatic carbocycles. The standard InChI is InChI=1S/C25H33N3O7S2/c1-2-35-22-7-11-24(12-8-22)37(32,33)28-13-3-4-21(19-28)25(29)26-18-20-5-9-23(10-6-20)36(30,31)27-14-16-34-17-15-27/h5-12,21H,2-4,13-19H2,1H3,(H,26,29). The van der Waals surface area contributed by atoms with E-state index in [-0.39, 0.29) is 28.8 Å². The molecule has 2 aliphatic heterocycles. The van der Waals surface area contributed by atoms with Crippen LogP contribution >= 0.6 is 0 Å².